The first kappa shape index (κ1) is 15.4. The normalized spacial score (nSPS) is 10.4. The van der Waals surface area contributed by atoms with Gasteiger partial charge in [-0.15, -0.1) is 0 Å². The molecule has 0 aliphatic carbocycles. The van der Waals surface area contributed by atoms with Gasteiger partial charge >= 0.3 is 0 Å². The Labute approximate surface area is 128 Å². The Kier molecular flexibility index (Phi) is 5.28. The Morgan fingerprint density at radius 3 is 2.86 bits per heavy atom. The maximum absolute atomic E-state index is 14.1. The van der Waals surface area contributed by atoms with E-state index in [1.54, 1.807) is 24.4 Å². The van der Waals surface area contributed by atoms with E-state index < -0.39 is 11.7 Å². The van der Waals surface area contributed by atoms with Crippen molar-refractivity contribution in [2.24, 2.45) is 0 Å². The Bertz CT molecular complexity index is 646. The van der Waals surface area contributed by atoms with Crippen LogP contribution in [0.15, 0.2) is 36.5 Å². The molecular formula is C16H16ClFN2O. The average molecular weight is 307 g/mol. The lowest BCUT2D eigenvalue weighted by molar-refractivity contribution is 0.0949. The lowest BCUT2D eigenvalue weighted by atomic mass is 10.1. The van der Waals surface area contributed by atoms with Crippen LogP contribution in [0, 0.1) is 5.82 Å². The van der Waals surface area contributed by atoms with E-state index in [0.717, 1.165) is 12.8 Å². The quantitative estimate of drug-likeness (QED) is 0.846. The molecule has 21 heavy (non-hydrogen) atoms. The van der Waals surface area contributed by atoms with Crippen LogP contribution in [-0.2, 0) is 0 Å². The Balaban J connectivity index is 2.22. The zero-order valence-corrected chi connectivity index (χ0v) is 12.5. The second-order valence-corrected chi connectivity index (χ2v) is 5.05. The molecule has 2 rings (SSSR count). The molecule has 1 amide bonds. The third-order valence-electron chi connectivity index (χ3n) is 3.06. The molecule has 0 unspecified atom stereocenters. The van der Waals surface area contributed by atoms with Gasteiger partial charge in [0.1, 0.15) is 5.82 Å². The van der Waals surface area contributed by atoms with E-state index in [1.807, 2.05) is 6.92 Å². The van der Waals surface area contributed by atoms with Gasteiger partial charge in [-0.05, 0) is 30.7 Å². The first-order valence-electron chi connectivity index (χ1n) is 6.82. The molecule has 0 bridgehead atoms. The van der Waals surface area contributed by atoms with Crippen molar-refractivity contribution < 1.29 is 9.18 Å². The number of hydrogen-bond donors (Lipinski definition) is 1. The van der Waals surface area contributed by atoms with Crippen molar-refractivity contribution in [3.8, 4) is 11.3 Å². The van der Waals surface area contributed by atoms with Crippen LogP contribution >= 0.6 is 11.6 Å². The summed E-state index contributed by atoms with van der Waals surface area (Å²) in [5.74, 6) is -0.983. The van der Waals surface area contributed by atoms with Gasteiger partial charge in [0.15, 0.2) is 0 Å². The number of pyridine rings is 1. The van der Waals surface area contributed by atoms with E-state index >= 15 is 0 Å². The second-order valence-electron chi connectivity index (χ2n) is 4.64. The van der Waals surface area contributed by atoms with E-state index in [9.17, 15) is 9.18 Å². The molecule has 3 nitrogen and oxygen atoms in total. The maximum atomic E-state index is 14.1. The fraction of sp³-hybridized carbons (Fsp3) is 0.250. The van der Waals surface area contributed by atoms with Gasteiger partial charge in [-0.3, -0.25) is 9.78 Å². The SMILES string of the molecule is CCCCNC(=O)c1ccc(-c2ncccc2Cl)cc1F. The molecule has 0 aliphatic rings. The molecule has 0 fully saturated rings. The number of halogens is 2. The van der Waals surface area contributed by atoms with Crippen LogP contribution in [0.3, 0.4) is 0 Å². The van der Waals surface area contributed by atoms with Gasteiger partial charge in [-0.2, -0.15) is 0 Å². The fourth-order valence-electron chi connectivity index (χ4n) is 1.92. The van der Waals surface area contributed by atoms with Crippen LogP contribution in [0.2, 0.25) is 5.02 Å². The number of benzene rings is 1. The van der Waals surface area contributed by atoms with Gasteiger partial charge in [-0.25, -0.2) is 4.39 Å². The second kappa shape index (κ2) is 7.18. The van der Waals surface area contributed by atoms with Crippen LogP contribution < -0.4 is 5.32 Å². The molecule has 0 saturated carbocycles. The zero-order valence-electron chi connectivity index (χ0n) is 11.7. The van der Waals surface area contributed by atoms with Crippen molar-refractivity contribution in [2.75, 3.05) is 6.54 Å². The number of carbonyl (C=O) groups is 1. The molecular weight excluding hydrogens is 291 g/mol. The molecule has 2 aromatic rings. The van der Waals surface area contributed by atoms with E-state index in [4.69, 9.17) is 11.6 Å². The predicted octanol–water partition coefficient (Wildman–Crippen LogP) is 4.07. The van der Waals surface area contributed by atoms with Crippen LogP contribution in [-0.4, -0.2) is 17.4 Å². The summed E-state index contributed by atoms with van der Waals surface area (Å²) in [5, 5.41) is 3.13. The van der Waals surface area contributed by atoms with Crippen LogP contribution in [0.1, 0.15) is 30.1 Å². The third-order valence-corrected chi connectivity index (χ3v) is 3.37. The van der Waals surface area contributed by atoms with Crippen molar-refractivity contribution >= 4 is 17.5 Å². The first-order valence-corrected chi connectivity index (χ1v) is 7.20. The lowest BCUT2D eigenvalue weighted by Crippen LogP contribution is -2.25. The van der Waals surface area contributed by atoms with Gasteiger partial charge in [-0.1, -0.05) is 31.0 Å². The van der Waals surface area contributed by atoms with Crippen molar-refractivity contribution in [2.45, 2.75) is 19.8 Å². The van der Waals surface area contributed by atoms with Crippen molar-refractivity contribution in [1.29, 1.82) is 0 Å². The highest BCUT2D eigenvalue weighted by Gasteiger charge is 2.13. The van der Waals surface area contributed by atoms with Crippen LogP contribution in [0.25, 0.3) is 11.3 Å². The first-order chi connectivity index (χ1) is 10.1. The van der Waals surface area contributed by atoms with Gasteiger partial charge < -0.3 is 5.32 Å². The number of rotatable bonds is 5. The molecule has 1 heterocycles. The fourth-order valence-corrected chi connectivity index (χ4v) is 2.15. The van der Waals surface area contributed by atoms with Gasteiger partial charge in [0, 0.05) is 18.3 Å². The number of aromatic nitrogens is 1. The molecule has 5 heteroatoms. The number of carbonyl (C=O) groups excluding carboxylic acids is 1. The summed E-state index contributed by atoms with van der Waals surface area (Å²) in [5.41, 5.74) is 1.07. The summed E-state index contributed by atoms with van der Waals surface area (Å²) < 4.78 is 14.1. The van der Waals surface area contributed by atoms with Gasteiger partial charge in [0.25, 0.3) is 5.91 Å². The monoisotopic (exact) mass is 306 g/mol. The minimum atomic E-state index is -0.580. The van der Waals surface area contributed by atoms with Crippen molar-refractivity contribution in [3.05, 3.63) is 52.9 Å². The Hall–Kier alpha value is -1.94. The topological polar surface area (TPSA) is 42.0 Å². The third kappa shape index (κ3) is 3.79. The standard InChI is InChI=1S/C16H16ClFN2O/c1-2-3-8-20-16(21)12-7-6-11(10-14(12)18)15-13(17)5-4-9-19-15/h4-7,9-10H,2-3,8H2,1H3,(H,20,21). The minimum absolute atomic E-state index is 0.0295. The van der Waals surface area contributed by atoms with Crippen LogP contribution in [0.5, 0.6) is 0 Å². The molecule has 0 saturated heterocycles. The number of unbranched alkanes of at least 4 members (excludes halogenated alkanes) is 1. The smallest absolute Gasteiger partial charge is 0.254 e. The molecule has 110 valence electrons. The zero-order chi connectivity index (χ0) is 15.2. The number of hydrogen-bond acceptors (Lipinski definition) is 2. The summed E-state index contributed by atoms with van der Waals surface area (Å²) in [6, 6.07) is 7.77. The van der Waals surface area contributed by atoms with E-state index in [1.165, 1.54) is 12.1 Å². The van der Waals surface area contributed by atoms with Crippen molar-refractivity contribution in [1.82, 2.24) is 10.3 Å². The highest BCUT2D eigenvalue weighted by molar-refractivity contribution is 6.33. The molecule has 1 N–H and O–H groups in total. The van der Waals surface area contributed by atoms with E-state index in [2.05, 4.69) is 10.3 Å². The number of nitrogens with zero attached hydrogens (tertiary/aromatic N) is 1. The summed E-state index contributed by atoms with van der Waals surface area (Å²) >= 11 is 6.03. The van der Waals surface area contributed by atoms with E-state index in [0.29, 0.717) is 22.8 Å². The lowest BCUT2D eigenvalue weighted by Gasteiger charge is -2.08. The summed E-state index contributed by atoms with van der Waals surface area (Å²) in [6.45, 7) is 2.57. The summed E-state index contributed by atoms with van der Waals surface area (Å²) in [6.07, 6.45) is 3.43. The molecule has 1 aromatic carbocycles. The largest absolute Gasteiger partial charge is 0.352 e. The molecule has 0 atom stereocenters. The summed E-state index contributed by atoms with van der Waals surface area (Å²) in [7, 11) is 0. The highest BCUT2D eigenvalue weighted by Crippen LogP contribution is 2.26. The Morgan fingerprint density at radius 1 is 1.38 bits per heavy atom. The van der Waals surface area contributed by atoms with Crippen LogP contribution in [0.4, 0.5) is 4.39 Å². The minimum Gasteiger partial charge on any atom is -0.352 e. The van der Waals surface area contributed by atoms with E-state index in [-0.39, 0.29) is 5.56 Å². The number of nitrogens with one attached hydrogen (secondary N) is 1. The van der Waals surface area contributed by atoms with Gasteiger partial charge in [0.2, 0.25) is 0 Å². The molecule has 0 aliphatic heterocycles. The predicted molar refractivity (Wildman–Crippen MR) is 81.9 cm³/mol. The Morgan fingerprint density at radius 2 is 2.19 bits per heavy atom. The highest BCUT2D eigenvalue weighted by atomic mass is 35.5. The summed E-state index contributed by atoms with van der Waals surface area (Å²) in [4.78, 5) is 16.0. The maximum Gasteiger partial charge on any atom is 0.254 e. The number of amides is 1. The van der Waals surface area contributed by atoms with Crippen molar-refractivity contribution in [3.63, 3.8) is 0 Å². The molecule has 1 aromatic heterocycles. The molecule has 0 spiro atoms. The molecule has 0 radical (unpaired) electrons. The average Bonchev–Trinajstić information content (AvgIpc) is 2.47. The van der Waals surface area contributed by atoms with Gasteiger partial charge in [0.05, 0.1) is 16.3 Å².